The molecule has 0 fully saturated rings. The number of fused-ring (bicyclic) bond motifs is 5. The summed E-state index contributed by atoms with van der Waals surface area (Å²) in [7, 11) is 0. The third kappa shape index (κ3) is 8.15. The van der Waals surface area contributed by atoms with Crippen LogP contribution in [0.3, 0.4) is 0 Å². The van der Waals surface area contributed by atoms with E-state index in [0.717, 1.165) is 71.1 Å². The van der Waals surface area contributed by atoms with Crippen molar-refractivity contribution in [2.24, 2.45) is 0 Å². The van der Waals surface area contributed by atoms with Gasteiger partial charge in [0.15, 0.2) is 0 Å². The van der Waals surface area contributed by atoms with Gasteiger partial charge in [0.2, 0.25) is 0 Å². The van der Waals surface area contributed by atoms with Gasteiger partial charge in [0.1, 0.15) is 11.6 Å². The number of nitrogens with zero attached hydrogens (tertiary/aromatic N) is 4. The van der Waals surface area contributed by atoms with Gasteiger partial charge in [-0.25, -0.2) is 4.98 Å². The molecule has 356 valence electrons. The van der Waals surface area contributed by atoms with Gasteiger partial charge in [-0.2, -0.15) is 0 Å². The summed E-state index contributed by atoms with van der Waals surface area (Å²) >= 11 is 3.61. The molecule has 9 aromatic rings. The average molecular weight is 967 g/mol. The summed E-state index contributed by atoms with van der Waals surface area (Å²) in [5, 5.41) is 12.7. The molecule has 0 spiro atoms. The number of imidazole rings is 1. The highest BCUT2D eigenvalue weighted by atomic mass is 32.2. The molecule has 0 radical (unpaired) electrons. The van der Waals surface area contributed by atoms with Gasteiger partial charge in [-0.15, -0.1) is 0 Å². The number of benzene rings is 7. The molecule has 1 N–H and O–H groups in total. The van der Waals surface area contributed by atoms with E-state index in [9.17, 15) is 5.11 Å². The van der Waals surface area contributed by atoms with Crippen molar-refractivity contribution in [3.63, 3.8) is 0 Å². The van der Waals surface area contributed by atoms with Crippen LogP contribution in [-0.4, -0.2) is 19.6 Å². The number of anilines is 3. The zero-order chi connectivity index (χ0) is 49.9. The lowest BCUT2D eigenvalue weighted by molar-refractivity contribution is 0.446. The molecule has 2 aliphatic heterocycles. The molecule has 4 heterocycles. The van der Waals surface area contributed by atoms with E-state index in [4.69, 9.17) is 9.97 Å². The second-order valence-corrected chi connectivity index (χ2v) is 25.5. The molecular formula is C64H62N4OS2. The minimum absolute atomic E-state index is 0.0827. The Kier molecular flexibility index (Phi) is 11.1. The first kappa shape index (κ1) is 46.8. The van der Waals surface area contributed by atoms with Crippen molar-refractivity contribution in [2.45, 2.75) is 124 Å². The fraction of sp³-hybridized carbons (Fsp3) is 0.250. The van der Waals surface area contributed by atoms with Gasteiger partial charge in [0, 0.05) is 38.2 Å². The van der Waals surface area contributed by atoms with Crippen LogP contribution >= 0.6 is 23.5 Å². The van der Waals surface area contributed by atoms with Crippen molar-refractivity contribution in [1.29, 1.82) is 0 Å². The lowest BCUT2D eigenvalue weighted by Gasteiger charge is -2.38. The van der Waals surface area contributed by atoms with Gasteiger partial charge in [-0.1, -0.05) is 192 Å². The van der Waals surface area contributed by atoms with E-state index < -0.39 is 0 Å². The SMILES string of the molecule is CC(C)(C)c1cc(-c2ncc3c4c2Sc2ccccc2N4c2ccccc2S3)cc(-c2cccc3c2nc(-c2cc(C(C)(C)C)cc(C(C)(C)C)c2O)n3-c2ccc(C(C)(C)C)cc2-c2ccccc2)c1. The minimum atomic E-state index is -0.334. The number of rotatable bonds is 5. The normalized spacial score (nSPS) is 13.5. The van der Waals surface area contributed by atoms with Crippen molar-refractivity contribution in [1.82, 2.24) is 14.5 Å². The smallest absolute Gasteiger partial charge is 0.149 e. The molecule has 7 heteroatoms. The highest BCUT2D eigenvalue weighted by Crippen LogP contribution is 2.61. The molecular weight excluding hydrogens is 905 g/mol. The van der Waals surface area contributed by atoms with E-state index in [0.29, 0.717) is 11.4 Å². The molecule has 2 aromatic heterocycles. The maximum Gasteiger partial charge on any atom is 0.149 e. The fourth-order valence-electron chi connectivity index (χ4n) is 10.1. The highest BCUT2D eigenvalue weighted by molar-refractivity contribution is 8.00. The molecule has 71 heavy (non-hydrogen) atoms. The van der Waals surface area contributed by atoms with Gasteiger partial charge in [0.05, 0.1) is 54.8 Å². The molecule has 0 unspecified atom stereocenters. The molecule has 11 rings (SSSR count). The van der Waals surface area contributed by atoms with Gasteiger partial charge in [-0.05, 0) is 110 Å². The Hall–Kier alpha value is -6.54. The van der Waals surface area contributed by atoms with Crippen LogP contribution in [0, 0.1) is 0 Å². The second kappa shape index (κ2) is 16.8. The Morgan fingerprint density at radius 2 is 1.07 bits per heavy atom. The molecule has 7 aromatic carbocycles. The van der Waals surface area contributed by atoms with Crippen molar-refractivity contribution in [2.75, 3.05) is 4.90 Å². The van der Waals surface area contributed by atoms with E-state index in [1.165, 1.54) is 38.0 Å². The lowest BCUT2D eigenvalue weighted by atomic mass is 9.79. The molecule has 0 atom stereocenters. The number of pyridine rings is 1. The number of hydrogen-bond donors (Lipinski definition) is 1. The number of aromatic nitrogens is 3. The van der Waals surface area contributed by atoms with Crippen LogP contribution in [-0.2, 0) is 21.7 Å². The fourth-order valence-corrected chi connectivity index (χ4v) is 12.4. The van der Waals surface area contributed by atoms with E-state index in [2.05, 4.69) is 244 Å². The topological polar surface area (TPSA) is 54.2 Å². The van der Waals surface area contributed by atoms with Crippen LogP contribution in [0.1, 0.15) is 105 Å². The molecule has 0 saturated carbocycles. The van der Waals surface area contributed by atoms with Crippen molar-refractivity contribution >= 4 is 51.6 Å². The van der Waals surface area contributed by atoms with E-state index in [1.807, 2.05) is 11.8 Å². The molecule has 5 nitrogen and oxygen atoms in total. The Labute approximate surface area is 428 Å². The Morgan fingerprint density at radius 1 is 0.465 bits per heavy atom. The van der Waals surface area contributed by atoms with Gasteiger partial charge >= 0.3 is 0 Å². The summed E-state index contributed by atoms with van der Waals surface area (Å²) in [6, 6.07) is 53.0. The Balaban J connectivity index is 1.20. The number of para-hydroxylation sites is 3. The zero-order valence-electron chi connectivity index (χ0n) is 43.0. The first-order chi connectivity index (χ1) is 33.6. The van der Waals surface area contributed by atoms with Gasteiger partial charge in [-0.3, -0.25) is 9.55 Å². The highest BCUT2D eigenvalue weighted by Gasteiger charge is 2.36. The zero-order valence-corrected chi connectivity index (χ0v) is 44.6. The van der Waals surface area contributed by atoms with Crippen LogP contribution in [0.5, 0.6) is 5.75 Å². The summed E-state index contributed by atoms with van der Waals surface area (Å²) in [5.74, 6) is 0.956. The lowest BCUT2D eigenvalue weighted by Crippen LogP contribution is -2.19. The number of phenolic OH excluding ortho intramolecular Hbond substituents is 1. The van der Waals surface area contributed by atoms with E-state index in [1.54, 1.807) is 11.8 Å². The largest absolute Gasteiger partial charge is 0.507 e. The molecule has 0 amide bonds. The summed E-state index contributed by atoms with van der Waals surface area (Å²) in [4.78, 5) is 18.3. The summed E-state index contributed by atoms with van der Waals surface area (Å²) in [5.41, 5.74) is 17.1. The molecule has 0 saturated heterocycles. The molecule has 0 bridgehead atoms. The summed E-state index contributed by atoms with van der Waals surface area (Å²) in [6.07, 6.45) is 2.08. The summed E-state index contributed by atoms with van der Waals surface area (Å²) < 4.78 is 2.31. The third-order valence-corrected chi connectivity index (χ3v) is 16.4. The first-order valence-electron chi connectivity index (χ1n) is 24.8. The monoisotopic (exact) mass is 966 g/mol. The van der Waals surface area contributed by atoms with Crippen LogP contribution < -0.4 is 4.90 Å². The number of hydrogen-bond acceptors (Lipinski definition) is 6. The minimum Gasteiger partial charge on any atom is -0.507 e. The predicted octanol–water partition coefficient (Wildman–Crippen LogP) is 18.4. The maximum atomic E-state index is 12.7. The number of phenols is 1. The maximum absolute atomic E-state index is 12.7. The van der Waals surface area contributed by atoms with Crippen molar-refractivity contribution < 1.29 is 5.11 Å². The Morgan fingerprint density at radius 3 is 1.73 bits per heavy atom. The van der Waals surface area contributed by atoms with Crippen LogP contribution in [0.4, 0.5) is 17.1 Å². The van der Waals surface area contributed by atoms with E-state index >= 15 is 0 Å². The Bertz CT molecular complexity index is 3590. The predicted molar refractivity (Wildman–Crippen MR) is 300 cm³/mol. The standard InChI is InChI=1S/C64H62N4OS2/c1-61(2,3)41-29-30-48(45(34-41)38-21-14-13-15-22-38)68-51-26-20-23-44(56(51)66-60(68)46-35-43(63(7,8)9)36-47(58(46)69)64(10,11)12)39-31-40(33-42(32-39)62(4,5)6)55-59-57-54(37-65-55)70-52-27-18-16-24-49(52)67(57)50-25-17-19-28-53(50)71-59/h13-37,69H,1-12H3. The van der Waals surface area contributed by atoms with Gasteiger partial charge in [0.25, 0.3) is 0 Å². The van der Waals surface area contributed by atoms with Crippen LogP contribution in [0.15, 0.2) is 171 Å². The third-order valence-electron chi connectivity index (χ3n) is 14.1. The second-order valence-electron chi connectivity index (χ2n) is 23.4. The number of aromatic hydroxyl groups is 1. The molecule has 2 aliphatic rings. The quantitative estimate of drug-likeness (QED) is 0.185. The van der Waals surface area contributed by atoms with Crippen molar-refractivity contribution in [3.8, 4) is 56.3 Å². The van der Waals surface area contributed by atoms with E-state index in [-0.39, 0.29) is 27.4 Å². The van der Waals surface area contributed by atoms with Crippen LogP contribution in [0.2, 0.25) is 0 Å². The summed E-state index contributed by atoms with van der Waals surface area (Å²) in [6.45, 7) is 26.9. The first-order valence-corrected chi connectivity index (χ1v) is 26.4. The molecule has 0 aliphatic carbocycles. The average Bonchev–Trinajstić information content (AvgIpc) is 3.72. The van der Waals surface area contributed by atoms with Gasteiger partial charge < -0.3 is 10.0 Å². The van der Waals surface area contributed by atoms with Crippen molar-refractivity contribution in [3.05, 3.63) is 174 Å². The van der Waals surface area contributed by atoms with Crippen LogP contribution in [0.25, 0.3) is 61.6 Å².